The Bertz CT molecular complexity index is 1140. The molecule has 0 bridgehead atoms. The Balaban J connectivity index is 1.58. The molecule has 1 aliphatic rings. The average Bonchev–Trinajstić information content (AvgIpc) is 3.30. The minimum Gasteiger partial charge on any atom is -0.383 e. The van der Waals surface area contributed by atoms with Crippen molar-refractivity contribution in [3.05, 3.63) is 65.5 Å². The predicted molar refractivity (Wildman–Crippen MR) is 123 cm³/mol. The number of fused-ring (bicyclic) bond motifs is 2. The van der Waals surface area contributed by atoms with E-state index in [1.54, 1.807) is 12.0 Å². The fourth-order valence-corrected chi connectivity index (χ4v) is 4.51. The summed E-state index contributed by atoms with van der Waals surface area (Å²) in [4.78, 5) is 32.9. The van der Waals surface area contributed by atoms with Gasteiger partial charge in [0, 0.05) is 25.8 Å². The van der Waals surface area contributed by atoms with Gasteiger partial charge in [-0.2, -0.15) is 0 Å². The standard InChI is InChI=1S/C25H30N4O3/c1-16(2)22(29-15-18-9-5-6-10-19(18)25(29)31)24(30)26-17(3)23-27-20-11-7-8-12-21(20)28(23)13-14-32-4/h5-12,16-17,22H,13-15H2,1-4H3,(H,26,30)/t17-,22-/m1/s1. The first-order valence-corrected chi connectivity index (χ1v) is 11.1. The number of para-hydroxylation sites is 2. The lowest BCUT2D eigenvalue weighted by atomic mass is 10.0. The Hall–Kier alpha value is -3.19. The largest absolute Gasteiger partial charge is 0.383 e. The van der Waals surface area contributed by atoms with Crippen LogP contribution in [-0.2, 0) is 22.6 Å². The summed E-state index contributed by atoms with van der Waals surface area (Å²) in [6, 6.07) is 14.6. The number of hydrogen-bond donors (Lipinski definition) is 1. The molecule has 168 valence electrons. The monoisotopic (exact) mass is 434 g/mol. The highest BCUT2D eigenvalue weighted by atomic mass is 16.5. The SMILES string of the molecule is COCCn1c([C@@H](C)NC(=O)[C@@H](C(C)C)N2Cc3ccccc3C2=O)nc2ccccc21. The first kappa shape index (κ1) is 22.0. The van der Waals surface area contributed by atoms with Crippen LogP contribution in [0.1, 0.15) is 48.6 Å². The molecule has 1 aromatic heterocycles. The van der Waals surface area contributed by atoms with Gasteiger partial charge in [-0.25, -0.2) is 4.98 Å². The van der Waals surface area contributed by atoms with Gasteiger partial charge in [0.1, 0.15) is 11.9 Å². The van der Waals surface area contributed by atoms with Crippen molar-refractivity contribution in [2.75, 3.05) is 13.7 Å². The highest BCUT2D eigenvalue weighted by molar-refractivity contribution is 6.01. The van der Waals surface area contributed by atoms with Gasteiger partial charge in [-0.3, -0.25) is 9.59 Å². The van der Waals surface area contributed by atoms with Crippen LogP contribution in [0, 0.1) is 5.92 Å². The Labute approximate surface area is 188 Å². The number of methoxy groups -OCH3 is 1. The fourth-order valence-electron chi connectivity index (χ4n) is 4.51. The molecule has 0 unspecified atom stereocenters. The first-order chi connectivity index (χ1) is 15.4. The van der Waals surface area contributed by atoms with Crippen LogP contribution >= 0.6 is 0 Å². The summed E-state index contributed by atoms with van der Waals surface area (Å²) in [5, 5.41) is 3.12. The second-order valence-electron chi connectivity index (χ2n) is 8.61. The van der Waals surface area contributed by atoms with Gasteiger partial charge < -0.3 is 19.5 Å². The molecule has 2 aromatic carbocycles. The summed E-state index contributed by atoms with van der Waals surface area (Å²) < 4.78 is 7.37. The van der Waals surface area contributed by atoms with Crippen LogP contribution in [0.15, 0.2) is 48.5 Å². The Kier molecular flexibility index (Phi) is 6.28. The summed E-state index contributed by atoms with van der Waals surface area (Å²) >= 11 is 0. The van der Waals surface area contributed by atoms with E-state index in [1.165, 1.54) is 0 Å². The number of nitrogens with one attached hydrogen (secondary N) is 1. The molecular weight excluding hydrogens is 404 g/mol. The number of nitrogens with zero attached hydrogens (tertiary/aromatic N) is 3. The molecular formula is C25H30N4O3. The van der Waals surface area contributed by atoms with E-state index >= 15 is 0 Å². The van der Waals surface area contributed by atoms with Crippen molar-refractivity contribution in [2.45, 2.75) is 45.9 Å². The smallest absolute Gasteiger partial charge is 0.255 e. The van der Waals surface area contributed by atoms with Crippen molar-refractivity contribution in [1.82, 2.24) is 19.8 Å². The van der Waals surface area contributed by atoms with Gasteiger partial charge in [0.05, 0.1) is 23.7 Å². The van der Waals surface area contributed by atoms with E-state index in [0.717, 1.165) is 22.4 Å². The third-order valence-electron chi connectivity index (χ3n) is 6.03. The van der Waals surface area contributed by atoms with Crippen molar-refractivity contribution in [1.29, 1.82) is 0 Å². The van der Waals surface area contributed by atoms with Crippen molar-refractivity contribution >= 4 is 22.8 Å². The van der Waals surface area contributed by atoms with Gasteiger partial charge in [0.25, 0.3) is 5.91 Å². The Morgan fingerprint density at radius 1 is 1.12 bits per heavy atom. The molecule has 0 fully saturated rings. The molecule has 0 aliphatic carbocycles. The minimum atomic E-state index is -0.561. The normalized spacial score (nSPS) is 15.3. The number of carbonyl (C=O) groups is 2. The van der Waals surface area contributed by atoms with Crippen molar-refractivity contribution < 1.29 is 14.3 Å². The van der Waals surface area contributed by atoms with Gasteiger partial charge in [-0.05, 0) is 36.6 Å². The lowest BCUT2D eigenvalue weighted by Crippen LogP contribution is -2.50. The third kappa shape index (κ3) is 4.00. The molecule has 3 aromatic rings. The summed E-state index contributed by atoms with van der Waals surface area (Å²) in [6.07, 6.45) is 0. The lowest BCUT2D eigenvalue weighted by Gasteiger charge is -2.31. The van der Waals surface area contributed by atoms with Gasteiger partial charge in [0.2, 0.25) is 5.91 Å². The van der Waals surface area contributed by atoms with Gasteiger partial charge in [0.15, 0.2) is 0 Å². The van der Waals surface area contributed by atoms with Crippen molar-refractivity contribution in [3.63, 3.8) is 0 Å². The molecule has 0 radical (unpaired) electrons. The van der Waals surface area contributed by atoms with Gasteiger partial charge in [-0.15, -0.1) is 0 Å². The second-order valence-corrected chi connectivity index (χ2v) is 8.61. The number of imidazole rings is 1. The maximum Gasteiger partial charge on any atom is 0.255 e. The summed E-state index contributed by atoms with van der Waals surface area (Å²) in [5.41, 5.74) is 3.53. The molecule has 32 heavy (non-hydrogen) atoms. The molecule has 1 aliphatic heterocycles. The van der Waals surface area contributed by atoms with Gasteiger partial charge >= 0.3 is 0 Å². The Morgan fingerprint density at radius 2 is 1.84 bits per heavy atom. The second kappa shape index (κ2) is 9.12. The third-order valence-corrected chi connectivity index (χ3v) is 6.03. The number of hydrogen-bond acceptors (Lipinski definition) is 4. The highest BCUT2D eigenvalue weighted by Crippen LogP contribution is 2.28. The number of aromatic nitrogens is 2. The van der Waals surface area contributed by atoms with E-state index in [9.17, 15) is 9.59 Å². The maximum absolute atomic E-state index is 13.4. The minimum absolute atomic E-state index is 0.0345. The Morgan fingerprint density at radius 3 is 2.56 bits per heavy atom. The number of amides is 2. The molecule has 2 heterocycles. The summed E-state index contributed by atoms with van der Waals surface area (Å²) in [7, 11) is 1.67. The molecule has 7 nitrogen and oxygen atoms in total. The van der Waals surface area contributed by atoms with E-state index < -0.39 is 6.04 Å². The fraction of sp³-hybridized carbons (Fsp3) is 0.400. The van der Waals surface area contributed by atoms with E-state index in [4.69, 9.17) is 9.72 Å². The molecule has 0 saturated heterocycles. The molecule has 0 saturated carbocycles. The zero-order valence-corrected chi connectivity index (χ0v) is 19.0. The van der Waals surface area contributed by atoms with E-state index in [2.05, 4.69) is 9.88 Å². The number of carbonyl (C=O) groups excluding carboxylic acids is 2. The predicted octanol–water partition coefficient (Wildman–Crippen LogP) is 3.54. The zero-order chi connectivity index (χ0) is 22.8. The van der Waals surface area contributed by atoms with Crippen molar-refractivity contribution in [2.24, 2.45) is 5.92 Å². The zero-order valence-electron chi connectivity index (χ0n) is 19.0. The maximum atomic E-state index is 13.4. The molecule has 2 atom stereocenters. The van der Waals surface area contributed by atoms with Crippen LogP contribution in [0.2, 0.25) is 0 Å². The van der Waals surface area contributed by atoms with E-state index in [0.29, 0.717) is 25.3 Å². The highest BCUT2D eigenvalue weighted by Gasteiger charge is 2.38. The van der Waals surface area contributed by atoms with Crippen molar-refractivity contribution in [3.8, 4) is 0 Å². The van der Waals surface area contributed by atoms with Crippen LogP contribution in [0.25, 0.3) is 11.0 Å². The van der Waals surface area contributed by atoms with E-state index in [-0.39, 0.29) is 23.8 Å². The number of rotatable bonds is 8. The summed E-state index contributed by atoms with van der Waals surface area (Å²) in [6.45, 7) is 7.51. The van der Waals surface area contributed by atoms with Gasteiger partial charge in [-0.1, -0.05) is 44.2 Å². The molecule has 7 heteroatoms. The topological polar surface area (TPSA) is 76.5 Å². The quantitative estimate of drug-likeness (QED) is 0.588. The first-order valence-electron chi connectivity index (χ1n) is 11.1. The molecule has 4 rings (SSSR count). The van der Waals surface area contributed by atoms with Crippen LogP contribution in [0.4, 0.5) is 0 Å². The molecule has 0 spiro atoms. The number of benzene rings is 2. The molecule has 1 N–H and O–H groups in total. The van der Waals surface area contributed by atoms with Crippen LogP contribution < -0.4 is 5.32 Å². The van der Waals surface area contributed by atoms with Crippen LogP contribution in [-0.4, -0.2) is 46.0 Å². The average molecular weight is 435 g/mol. The number of ether oxygens (including phenoxy) is 1. The lowest BCUT2D eigenvalue weighted by molar-refractivity contribution is -0.127. The van der Waals surface area contributed by atoms with Crippen LogP contribution in [0.5, 0.6) is 0 Å². The molecule has 2 amide bonds. The van der Waals surface area contributed by atoms with E-state index in [1.807, 2.05) is 69.3 Å². The summed E-state index contributed by atoms with van der Waals surface area (Å²) in [5.74, 6) is 0.483. The van der Waals surface area contributed by atoms with Crippen LogP contribution in [0.3, 0.4) is 0 Å².